The molecule has 1 aliphatic heterocycles. The van der Waals surface area contributed by atoms with Gasteiger partial charge in [-0.15, -0.1) is 0 Å². The molecule has 0 unspecified atom stereocenters. The van der Waals surface area contributed by atoms with Crippen molar-refractivity contribution in [1.82, 2.24) is 19.4 Å². The number of fused-ring (bicyclic) bond motifs is 1. The molecule has 0 radical (unpaired) electrons. The second kappa shape index (κ2) is 5.38. The van der Waals surface area contributed by atoms with Gasteiger partial charge in [-0.1, -0.05) is 6.07 Å². The van der Waals surface area contributed by atoms with Crippen molar-refractivity contribution in [2.45, 2.75) is 6.54 Å². The van der Waals surface area contributed by atoms with Crippen molar-refractivity contribution < 1.29 is 4.39 Å². The summed E-state index contributed by atoms with van der Waals surface area (Å²) in [5.74, 6) is -0.377. The monoisotopic (exact) mass is 278 g/mol. The highest BCUT2D eigenvalue weighted by atomic mass is 19.1. The van der Waals surface area contributed by atoms with E-state index >= 15 is 0 Å². The molecule has 2 aromatic rings. The summed E-state index contributed by atoms with van der Waals surface area (Å²) in [6.07, 6.45) is 0. The number of para-hydroxylation sites is 1. The number of aromatic amines is 1. The normalized spacial score (nSPS) is 17.9. The molecular formula is C14H19FN4O. The van der Waals surface area contributed by atoms with Crippen LogP contribution in [0.1, 0.15) is 0 Å². The predicted molar refractivity (Wildman–Crippen MR) is 76.5 cm³/mol. The first kappa shape index (κ1) is 13.3. The molecule has 1 aliphatic rings. The Morgan fingerprint density at radius 1 is 1.20 bits per heavy atom. The van der Waals surface area contributed by atoms with Crippen LogP contribution >= 0.6 is 0 Å². The van der Waals surface area contributed by atoms with Gasteiger partial charge in [0.05, 0.1) is 5.52 Å². The second-order valence-electron chi connectivity index (χ2n) is 5.36. The van der Waals surface area contributed by atoms with Gasteiger partial charge in [0.25, 0.3) is 0 Å². The number of hydrogen-bond acceptors (Lipinski definition) is 3. The lowest BCUT2D eigenvalue weighted by atomic mass is 10.3. The van der Waals surface area contributed by atoms with E-state index in [1.165, 1.54) is 6.07 Å². The van der Waals surface area contributed by atoms with Crippen LogP contribution in [0.5, 0.6) is 0 Å². The van der Waals surface area contributed by atoms with Crippen molar-refractivity contribution in [1.29, 1.82) is 0 Å². The number of hydrogen-bond donors (Lipinski definition) is 1. The van der Waals surface area contributed by atoms with E-state index < -0.39 is 0 Å². The highest BCUT2D eigenvalue weighted by Crippen LogP contribution is 2.13. The van der Waals surface area contributed by atoms with Crippen LogP contribution in [0, 0.1) is 5.82 Å². The van der Waals surface area contributed by atoms with Gasteiger partial charge < -0.3 is 9.88 Å². The van der Waals surface area contributed by atoms with Crippen LogP contribution in [-0.2, 0) is 6.54 Å². The fourth-order valence-electron chi connectivity index (χ4n) is 2.68. The van der Waals surface area contributed by atoms with E-state index in [1.807, 2.05) is 0 Å². The van der Waals surface area contributed by atoms with E-state index in [0.29, 0.717) is 17.6 Å². The fourth-order valence-corrected chi connectivity index (χ4v) is 2.68. The summed E-state index contributed by atoms with van der Waals surface area (Å²) in [6, 6.07) is 4.78. The van der Waals surface area contributed by atoms with Gasteiger partial charge in [0.2, 0.25) is 0 Å². The van der Waals surface area contributed by atoms with Crippen LogP contribution in [-0.4, -0.2) is 59.1 Å². The molecular weight excluding hydrogens is 259 g/mol. The zero-order valence-corrected chi connectivity index (χ0v) is 11.6. The number of rotatable bonds is 3. The van der Waals surface area contributed by atoms with Crippen molar-refractivity contribution >= 4 is 11.0 Å². The van der Waals surface area contributed by atoms with Gasteiger partial charge in [0.15, 0.2) is 0 Å². The highest BCUT2D eigenvalue weighted by Gasteiger charge is 2.15. The topological polar surface area (TPSA) is 44.3 Å². The standard InChI is InChI=1S/C14H19FN4O/c1-17-5-7-18(8-6-17)9-10-19-12-4-2-3-11(15)13(12)16-14(19)20/h2-4H,5-10H2,1H3,(H,16,20). The maximum atomic E-state index is 13.6. The maximum Gasteiger partial charge on any atom is 0.326 e. The summed E-state index contributed by atoms with van der Waals surface area (Å²) < 4.78 is 15.2. The molecule has 1 saturated heterocycles. The lowest BCUT2D eigenvalue weighted by Gasteiger charge is -2.32. The third kappa shape index (κ3) is 2.48. The Morgan fingerprint density at radius 3 is 2.70 bits per heavy atom. The largest absolute Gasteiger partial charge is 0.326 e. The summed E-state index contributed by atoms with van der Waals surface area (Å²) in [5, 5.41) is 0. The molecule has 1 aromatic heterocycles. The van der Waals surface area contributed by atoms with Crippen molar-refractivity contribution in [3.8, 4) is 0 Å². The molecule has 6 heteroatoms. The van der Waals surface area contributed by atoms with Crippen LogP contribution in [0.4, 0.5) is 4.39 Å². The van der Waals surface area contributed by atoms with Crippen LogP contribution in [0.15, 0.2) is 23.0 Å². The van der Waals surface area contributed by atoms with E-state index in [4.69, 9.17) is 0 Å². The quantitative estimate of drug-likeness (QED) is 0.899. The third-order valence-electron chi connectivity index (χ3n) is 4.00. The van der Waals surface area contributed by atoms with Crippen LogP contribution in [0.25, 0.3) is 11.0 Å². The van der Waals surface area contributed by atoms with Gasteiger partial charge in [0.1, 0.15) is 11.3 Å². The Labute approximate surface area is 116 Å². The molecule has 5 nitrogen and oxygen atoms in total. The Kier molecular flexibility index (Phi) is 3.58. The molecule has 108 valence electrons. The average Bonchev–Trinajstić information content (AvgIpc) is 2.76. The van der Waals surface area contributed by atoms with Gasteiger partial charge in [-0.3, -0.25) is 9.47 Å². The van der Waals surface area contributed by atoms with Crippen LogP contribution < -0.4 is 5.69 Å². The number of nitrogens with one attached hydrogen (secondary N) is 1. The molecule has 20 heavy (non-hydrogen) atoms. The minimum atomic E-state index is -0.377. The molecule has 0 spiro atoms. The summed E-state index contributed by atoms with van der Waals surface area (Å²) in [6.45, 7) is 5.54. The van der Waals surface area contributed by atoms with Crippen molar-refractivity contribution in [3.05, 3.63) is 34.5 Å². The first-order valence-corrected chi connectivity index (χ1v) is 6.93. The van der Waals surface area contributed by atoms with E-state index in [1.54, 1.807) is 16.7 Å². The zero-order chi connectivity index (χ0) is 14.1. The van der Waals surface area contributed by atoms with Gasteiger partial charge in [0, 0.05) is 39.3 Å². The zero-order valence-electron chi connectivity index (χ0n) is 11.6. The molecule has 0 saturated carbocycles. The Hall–Kier alpha value is -1.66. The predicted octanol–water partition coefficient (Wildman–Crippen LogP) is 0.716. The van der Waals surface area contributed by atoms with E-state index in [9.17, 15) is 9.18 Å². The number of imidazole rings is 1. The minimum Gasteiger partial charge on any atom is -0.304 e. The van der Waals surface area contributed by atoms with Crippen LogP contribution in [0.3, 0.4) is 0 Å². The van der Waals surface area contributed by atoms with E-state index in [2.05, 4.69) is 21.8 Å². The molecule has 1 fully saturated rings. The molecule has 0 aliphatic carbocycles. The SMILES string of the molecule is CN1CCN(CCn2c(=O)[nH]c3c(F)cccc32)CC1. The van der Waals surface area contributed by atoms with Gasteiger partial charge in [-0.2, -0.15) is 0 Å². The summed E-state index contributed by atoms with van der Waals surface area (Å²) in [5.41, 5.74) is 0.708. The first-order valence-electron chi connectivity index (χ1n) is 6.93. The number of piperazine rings is 1. The average molecular weight is 278 g/mol. The van der Waals surface area contributed by atoms with Gasteiger partial charge in [-0.05, 0) is 19.2 Å². The minimum absolute atomic E-state index is 0.237. The van der Waals surface area contributed by atoms with Crippen LogP contribution in [0.2, 0.25) is 0 Å². The first-order chi connectivity index (χ1) is 9.65. The Bertz CT molecular complexity index is 655. The molecule has 3 rings (SSSR count). The number of nitrogens with zero attached hydrogens (tertiary/aromatic N) is 3. The van der Waals surface area contributed by atoms with E-state index in [0.717, 1.165) is 32.7 Å². The molecule has 1 N–H and O–H groups in total. The number of aromatic nitrogens is 2. The smallest absolute Gasteiger partial charge is 0.304 e. The molecule has 0 amide bonds. The summed E-state index contributed by atoms with van der Waals surface area (Å²) in [7, 11) is 2.12. The summed E-state index contributed by atoms with van der Waals surface area (Å²) in [4.78, 5) is 19.2. The van der Waals surface area contributed by atoms with E-state index in [-0.39, 0.29) is 11.5 Å². The molecule has 0 bridgehead atoms. The Morgan fingerprint density at radius 2 is 1.95 bits per heavy atom. The van der Waals surface area contributed by atoms with Crippen molar-refractivity contribution in [2.24, 2.45) is 0 Å². The van der Waals surface area contributed by atoms with Gasteiger partial charge >= 0.3 is 5.69 Å². The Balaban J connectivity index is 1.76. The third-order valence-corrected chi connectivity index (χ3v) is 4.00. The second-order valence-corrected chi connectivity index (χ2v) is 5.36. The number of halogens is 1. The number of likely N-dealkylation sites (N-methyl/N-ethyl adjacent to an activating group) is 1. The summed E-state index contributed by atoms with van der Waals surface area (Å²) >= 11 is 0. The fraction of sp³-hybridized carbons (Fsp3) is 0.500. The number of benzene rings is 1. The molecule has 1 aromatic carbocycles. The molecule has 2 heterocycles. The molecule has 0 atom stereocenters. The van der Waals surface area contributed by atoms with Gasteiger partial charge in [-0.25, -0.2) is 9.18 Å². The lowest BCUT2D eigenvalue weighted by Crippen LogP contribution is -2.45. The number of H-pyrrole nitrogens is 1. The van der Waals surface area contributed by atoms with Crippen molar-refractivity contribution in [2.75, 3.05) is 39.8 Å². The van der Waals surface area contributed by atoms with Crippen molar-refractivity contribution in [3.63, 3.8) is 0 Å². The lowest BCUT2D eigenvalue weighted by molar-refractivity contribution is 0.150. The maximum absolute atomic E-state index is 13.6. The highest BCUT2D eigenvalue weighted by molar-refractivity contribution is 5.75.